The molecule has 0 aliphatic heterocycles. The molecule has 0 radical (unpaired) electrons. The highest BCUT2D eigenvalue weighted by Gasteiger charge is 2.41. The Morgan fingerprint density at radius 2 is 1.95 bits per heavy atom. The third kappa shape index (κ3) is 2.66. The van der Waals surface area contributed by atoms with Gasteiger partial charge in [-0.1, -0.05) is 18.0 Å². The van der Waals surface area contributed by atoms with Crippen LogP contribution in [-0.2, 0) is 5.54 Å². The van der Waals surface area contributed by atoms with E-state index >= 15 is 0 Å². The van der Waals surface area contributed by atoms with Crippen LogP contribution in [0.5, 0.6) is 0 Å². The van der Waals surface area contributed by atoms with E-state index < -0.39 is 5.54 Å². The number of rotatable bonds is 3. The highest BCUT2D eigenvalue weighted by molar-refractivity contribution is 5.94. The molecule has 1 aliphatic carbocycles. The lowest BCUT2D eigenvalue weighted by Crippen LogP contribution is -2.44. The fourth-order valence-electron chi connectivity index (χ4n) is 2.77. The molecule has 6 heteroatoms. The van der Waals surface area contributed by atoms with E-state index in [4.69, 9.17) is 4.52 Å². The number of amides is 1. The van der Waals surface area contributed by atoms with Gasteiger partial charge in [-0.3, -0.25) is 4.79 Å². The first-order valence-corrected chi connectivity index (χ1v) is 6.98. The summed E-state index contributed by atoms with van der Waals surface area (Å²) in [5, 5.41) is 6.98. The van der Waals surface area contributed by atoms with Crippen LogP contribution >= 0.6 is 0 Å². The quantitative estimate of drug-likeness (QED) is 0.943. The summed E-state index contributed by atoms with van der Waals surface area (Å²) in [4.78, 5) is 16.7. The maximum absolute atomic E-state index is 12.9. The Morgan fingerprint density at radius 1 is 1.29 bits per heavy atom. The average molecular weight is 289 g/mol. The lowest BCUT2D eigenvalue weighted by atomic mass is 9.96. The molecule has 1 aliphatic rings. The van der Waals surface area contributed by atoms with Gasteiger partial charge in [0.1, 0.15) is 11.4 Å². The molecule has 1 saturated carbocycles. The first-order chi connectivity index (χ1) is 10.1. The van der Waals surface area contributed by atoms with Gasteiger partial charge in [0.25, 0.3) is 5.91 Å². The normalized spacial score (nSPS) is 16.9. The Balaban J connectivity index is 1.85. The summed E-state index contributed by atoms with van der Waals surface area (Å²) < 4.78 is 18.0. The molecule has 1 heterocycles. The van der Waals surface area contributed by atoms with Gasteiger partial charge in [0.05, 0.1) is 0 Å². The van der Waals surface area contributed by atoms with Crippen LogP contribution in [0.4, 0.5) is 4.39 Å². The van der Waals surface area contributed by atoms with Gasteiger partial charge < -0.3 is 9.84 Å². The molecule has 1 aromatic heterocycles. The second-order valence-electron chi connectivity index (χ2n) is 5.39. The average Bonchev–Trinajstić information content (AvgIpc) is 3.09. The van der Waals surface area contributed by atoms with Crippen molar-refractivity contribution in [1.29, 1.82) is 0 Å². The molecule has 0 unspecified atom stereocenters. The number of benzene rings is 1. The molecule has 0 atom stereocenters. The number of nitrogens with one attached hydrogen (secondary N) is 1. The standard InChI is InChI=1S/C15H16FN3O2/c1-10-17-14(19-21-10)15(8-2-3-9-15)18-13(20)11-4-6-12(16)7-5-11/h4-7H,2-3,8-9H2,1H3,(H,18,20). The van der Waals surface area contributed by atoms with E-state index in [0.29, 0.717) is 17.3 Å². The van der Waals surface area contributed by atoms with Crippen LogP contribution in [0.1, 0.15) is 47.8 Å². The van der Waals surface area contributed by atoms with Crippen molar-refractivity contribution in [2.75, 3.05) is 0 Å². The van der Waals surface area contributed by atoms with Crippen LogP contribution in [0.15, 0.2) is 28.8 Å². The molecule has 5 nitrogen and oxygen atoms in total. The number of aryl methyl sites for hydroxylation is 1. The first kappa shape index (κ1) is 13.7. The minimum absolute atomic E-state index is 0.251. The van der Waals surface area contributed by atoms with Crippen molar-refractivity contribution in [2.24, 2.45) is 0 Å². The molecule has 0 spiro atoms. The van der Waals surface area contributed by atoms with Gasteiger partial charge in [0, 0.05) is 12.5 Å². The predicted octanol–water partition coefficient (Wildman–Crippen LogP) is 2.72. The third-order valence-electron chi connectivity index (χ3n) is 3.87. The Labute approximate surface area is 121 Å². The number of hydrogen-bond acceptors (Lipinski definition) is 4. The van der Waals surface area contributed by atoms with Gasteiger partial charge in [0.2, 0.25) is 5.89 Å². The Kier molecular flexibility index (Phi) is 3.45. The summed E-state index contributed by atoms with van der Waals surface area (Å²) in [7, 11) is 0. The van der Waals surface area contributed by atoms with Crippen molar-refractivity contribution in [1.82, 2.24) is 15.5 Å². The molecule has 1 aromatic carbocycles. The third-order valence-corrected chi connectivity index (χ3v) is 3.87. The highest BCUT2D eigenvalue weighted by Crippen LogP contribution is 2.37. The van der Waals surface area contributed by atoms with Gasteiger partial charge in [-0.25, -0.2) is 4.39 Å². The van der Waals surface area contributed by atoms with E-state index in [-0.39, 0.29) is 11.7 Å². The van der Waals surface area contributed by atoms with Gasteiger partial charge >= 0.3 is 0 Å². The van der Waals surface area contributed by atoms with Crippen molar-refractivity contribution < 1.29 is 13.7 Å². The molecular formula is C15H16FN3O2. The van der Waals surface area contributed by atoms with Crippen LogP contribution < -0.4 is 5.32 Å². The first-order valence-electron chi connectivity index (χ1n) is 6.98. The van der Waals surface area contributed by atoms with Gasteiger partial charge in [-0.2, -0.15) is 4.98 Å². The van der Waals surface area contributed by atoms with Crippen molar-refractivity contribution in [3.63, 3.8) is 0 Å². The number of aromatic nitrogens is 2. The lowest BCUT2D eigenvalue weighted by Gasteiger charge is -2.26. The molecule has 1 amide bonds. The minimum atomic E-state index is -0.580. The van der Waals surface area contributed by atoms with Crippen LogP contribution in [0.3, 0.4) is 0 Å². The zero-order valence-electron chi connectivity index (χ0n) is 11.7. The van der Waals surface area contributed by atoms with Crippen molar-refractivity contribution in [3.8, 4) is 0 Å². The van der Waals surface area contributed by atoms with Gasteiger partial charge in [-0.15, -0.1) is 0 Å². The minimum Gasteiger partial charge on any atom is -0.340 e. The molecule has 0 saturated heterocycles. The highest BCUT2D eigenvalue weighted by atomic mass is 19.1. The summed E-state index contributed by atoms with van der Waals surface area (Å²) in [5.41, 5.74) is -0.161. The van der Waals surface area contributed by atoms with E-state index in [9.17, 15) is 9.18 Å². The number of halogens is 1. The van der Waals surface area contributed by atoms with E-state index in [1.807, 2.05) is 0 Å². The molecule has 1 N–H and O–H groups in total. The van der Waals surface area contributed by atoms with E-state index in [0.717, 1.165) is 25.7 Å². The molecule has 3 rings (SSSR count). The Hall–Kier alpha value is -2.24. The topological polar surface area (TPSA) is 68.0 Å². The van der Waals surface area contributed by atoms with Crippen molar-refractivity contribution in [2.45, 2.75) is 38.1 Å². The summed E-state index contributed by atoms with van der Waals surface area (Å²) in [6, 6.07) is 5.48. The van der Waals surface area contributed by atoms with E-state index in [1.54, 1.807) is 6.92 Å². The molecule has 1 fully saturated rings. The van der Waals surface area contributed by atoms with Crippen LogP contribution in [0.25, 0.3) is 0 Å². The Bertz CT molecular complexity index is 645. The SMILES string of the molecule is Cc1nc(C2(NC(=O)c3ccc(F)cc3)CCCC2)no1. The molecule has 21 heavy (non-hydrogen) atoms. The number of carbonyl (C=O) groups is 1. The summed E-state index contributed by atoms with van der Waals surface area (Å²) in [5.74, 6) is 0.385. The van der Waals surface area contributed by atoms with Crippen LogP contribution in [-0.4, -0.2) is 16.0 Å². The summed E-state index contributed by atoms with van der Waals surface area (Å²) >= 11 is 0. The maximum Gasteiger partial charge on any atom is 0.252 e. The van der Waals surface area contributed by atoms with Crippen LogP contribution in [0, 0.1) is 12.7 Å². The van der Waals surface area contributed by atoms with Crippen molar-refractivity contribution in [3.05, 3.63) is 47.4 Å². The largest absolute Gasteiger partial charge is 0.340 e. The summed E-state index contributed by atoms with van der Waals surface area (Å²) in [6.45, 7) is 1.72. The molecule has 0 bridgehead atoms. The van der Waals surface area contributed by atoms with E-state index in [1.165, 1.54) is 24.3 Å². The molecular weight excluding hydrogens is 273 g/mol. The van der Waals surface area contributed by atoms with Gasteiger partial charge in [-0.05, 0) is 37.1 Å². The number of hydrogen-bond donors (Lipinski definition) is 1. The number of nitrogens with zero attached hydrogens (tertiary/aromatic N) is 2. The summed E-state index contributed by atoms with van der Waals surface area (Å²) in [6.07, 6.45) is 3.55. The monoisotopic (exact) mass is 289 g/mol. The van der Waals surface area contributed by atoms with Crippen LogP contribution in [0.2, 0.25) is 0 Å². The zero-order valence-corrected chi connectivity index (χ0v) is 11.7. The molecule has 2 aromatic rings. The lowest BCUT2D eigenvalue weighted by molar-refractivity contribution is 0.0892. The zero-order chi connectivity index (χ0) is 14.9. The number of carbonyl (C=O) groups excluding carboxylic acids is 1. The fourth-order valence-corrected chi connectivity index (χ4v) is 2.77. The van der Waals surface area contributed by atoms with Gasteiger partial charge in [0.15, 0.2) is 5.82 Å². The smallest absolute Gasteiger partial charge is 0.252 e. The second-order valence-corrected chi connectivity index (χ2v) is 5.39. The van der Waals surface area contributed by atoms with Crippen molar-refractivity contribution >= 4 is 5.91 Å². The molecule has 110 valence electrons. The predicted molar refractivity (Wildman–Crippen MR) is 73.0 cm³/mol. The van der Waals surface area contributed by atoms with E-state index in [2.05, 4.69) is 15.5 Å². The maximum atomic E-state index is 12.9. The Morgan fingerprint density at radius 3 is 2.52 bits per heavy atom. The fraction of sp³-hybridized carbons (Fsp3) is 0.400. The second kappa shape index (κ2) is 5.27.